The van der Waals surface area contributed by atoms with Gasteiger partial charge in [0, 0.05) is 12.0 Å². The summed E-state index contributed by atoms with van der Waals surface area (Å²) in [5, 5.41) is 3.93. The second-order valence-electron chi connectivity index (χ2n) is 4.63. The zero-order chi connectivity index (χ0) is 15.5. The first-order valence-electron chi connectivity index (χ1n) is 6.63. The van der Waals surface area contributed by atoms with E-state index in [1.54, 1.807) is 24.3 Å². The van der Waals surface area contributed by atoms with Gasteiger partial charge in [0.1, 0.15) is 6.54 Å². The number of hydrogen-bond acceptors (Lipinski definition) is 7. The fourth-order valence-corrected chi connectivity index (χ4v) is 2.01. The van der Waals surface area contributed by atoms with Crippen molar-refractivity contribution in [2.24, 2.45) is 0 Å². The van der Waals surface area contributed by atoms with Crippen molar-refractivity contribution in [3.63, 3.8) is 0 Å². The predicted molar refractivity (Wildman–Crippen MR) is 71.7 cm³/mol. The quantitative estimate of drug-likeness (QED) is 0.752. The number of ether oxygens (including phenoxy) is 2. The minimum atomic E-state index is -0.913. The maximum absolute atomic E-state index is 11.7. The molecule has 1 atom stereocenters. The van der Waals surface area contributed by atoms with Crippen LogP contribution in [0.3, 0.4) is 0 Å². The molecule has 1 aromatic heterocycles. The number of benzene rings is 1. The molecule has 0 spiro atoms. The van der Waals surface area contributed by atoms with Crippen molar-refractivity contribution < 1.29 is 23.5 Å². The van der Waals surface area contributed by atoms with Crippen LogP contribution in [-0.2, 0) is 25.6 Å². The summed E-state index contributed by atoms with van der Waals surface area (Å²) >= 11 is 0. The standard InChI is InChI=1S/C14H12N2O6/c17-11(21-10-6-7-20-13(10)18)8-16-14(19)22-12(15-16)9-4-2-1-3-5-9/h1-5,10H,6-8H2/t10-/m0/s1. The highest BCUT2D eigenvalue weighted by molar-refractivity contribution is 5.80. The third-order valence-electron chi connectivity index (χ3n) is 3.07. The number of cyclic esters (lactones) is 1. The number of hydrogen-bond donors (Lipinski definition) is 0. The summed E-state index contributed by atoms with van der Waals surface area (Å²) in [4.78, 5) is 34.6. The molecule has 1 fully saturated rings. The molecule has 0 radical (unpaired) electrons. The fourth-order valence-electron chi connectivity index (χ4n) is 2.01. The summed E-state index contributed by atoms with van der Waals surface area (Å²) in [5.41, 5.74) is 0.617. The van der Waals surface area contributed by atoms with E-state index < -0.39 is 30.3 Å². The van der Waals surface area contributed by atoms with E-state index in [4.69, 9.17) is 9.15 Å². The normalized spacial score (nSPS) is 17.3. The van der Waals surface area contributed by atoms with Gasteiger partial charge >= 0.3 is 17.7 Å². The molecule has 1 saturated heterocycles. The van der Waals surface area contributed by atoms with Crippen LogP contribution in [0.25, 0.3) is 11.5 Å². The number of esters is 2. The van der Waals surface area contributed by atoms with E-state index in [1.807, 2.05) is 6.07 Å². The van der Waals surface area contributed by atoms with Crippen molar-refractivity contribution in [3.8, 4) is 11.5 Å². The van der Waals surface area contributed by atoms with Crippen LogP contribution in [0.2, 0.25) is 0 Å². The molecule has 2 heterocycles. The van der Waals surface area contributed by atoms with Crippen LogP contribution in [0.1, 0.15) is 6.42 Å². The molecule has 3 rings (SSSR count). The Morgan fingerprint density at radius 2 is 2.09 bits per heavy atom. The molecule has 0 saturated carbocycles. The Morgan fingerprint density at radius 1 is 1.32 bits per heavy atom. The summed E-state index contributed by atoms with van der Waals surface area (Å²) in [5.74, 6) is -1.99. The van der Waals surface area contributed by atoms with Crippen LogP contribution < -0.4 is 5.76 Å². The number of nitrogens with zero attached hydrogens (tertiary/aromatic N) is 2. The lowest BCUT2D eigenvalue weighted by molar-refractivity contribution is -0.160. The lowest BCUT2D eigenvalue weighted by atomic mass is 10.2. The Balaban J connectivity index is 1.70. The van der Waals surface area contributed by atoms with Crippen LogP contribution in [0.4, 0.5) is 0 Å². The molecule has 1 aliphatic heterocycles. The van der Waals surface area contributed by atoms with Crippen molar-refractivity contribution in [2.45, 2.75) is 19.1 Å². The monoisotopic (exact) mass is 304 g/mol. The molecular weight excluding hydrogens is 292 g/mol. The summed E-state index contributed by atoms with van der Waals surface area (Å²) < 4.78 is 15.5. The minimum absolute atomic E-state index is 0.110. The van der Waals surface area contributed by atoms with Crippen molar-refractivity contribution in [2.75, 3.05) is 6.61 Å². The molecule has 0 bridgehead atoms. The Bertz CT molecular complexity index is 748. The average molecular weight is 304 g/mol. The smallest absolute Gasteiger partial charge is 0.437 e. The molecule has 2 aromatic rings. The molecule has 8 heteroatoms. The molecule has 114 valence electrons. The first-order chi connectivity index (χ1) is 10.6. The van der Waals surface area contributed by atoms with Crippen molar-refractivity contribution >= 4 is 11.9 Å². The third-order valence-corrected chi connectivity index (χ3v) is 3.07. The van der Waals surface area contributed by atoms with Gasteiger partial charge in [0.15, 0.2) is 0 Å². The first-order valence-corrected chi connectivity index (χ1v) is 6.63. The molecule has 1 aliphatic rings. The maximum atomic E-state index is 11.7. The van der Waals surface area contributed by atoms with E-state index in [9.17, 15) is 14.4 Å². The fraction of sp³-hybridized carbons (Fsp3) is 0.286. The van der Waals surface area contributed by atoms with Gasteiger partial charge in [0.05, 0.1) is 6.61 Å². The summed E-state index contributed by atoms with van der Waals surface area (Å²) in [7, 11) is 0. The van der Waals surface area contributed by atoms with E-state index in [0.717, 1.165) is 4.68 Å². The molecule has 22 heavy (non-hydrogen) atoms. The van der Waals surface area contributed by atoms with Crippen LogP contribution in [-0.4, -0.2) is 34.4 Å². The molecule has 0 aliphatic carbocycles. The van der Waals surface area contributed by atoms with Gasteiger partial charge in [-0.1, -0.05) is 18.2 Å². The molecule has 8 nitrogen and oxygen atoms in total. The molecular formula is C14H12N2O6. The van der Waals surface area contributed by atoms with Gasteiger partial charge in [0.25, 0.3) is 0 Å². The van der Waals surface area contributed by atoms with E-state index in [0.29, 0.717) is 12.0 Å². The van der Waals surface area contributed by atoms with E-state index in [1.165, 1.54) is 0 Å². The SMILES string of the molecule is O=C(Cn1nc(-c2ccccc2)oc1=O)O[C@H]1CCOC1=O. The summed E-state index contributed by atoms with van der Waals surface area (Å²) in [6.07, 6.45) is -0.600. The number of aromatic nitrogens is 2. The third kappa shape index (κ3) is 2.90. The summed E-state index contributed by atoms with van der Waals surface area (Å²) in [6.45, 7) is -0.211. The van der Waals surface area contributed by atoms with E-state index >= 15 is 0 Å². The predicted octanol–water partition coefficient (Wildman–Crippen LogP) is 0.362. The molecule has 0 amide bonds. The number of rotatable bonds is 4. The van der Waals surface area contributed by atoms with Crippen molar-refractivity contribution in [1.82, 2.24) is 9.78 Å². The zero-order valence-electron chi connectivity index (χ0n) is 11.4. The van der Waals surface area contributed by atoms with Crippen LogP contribution >= 0.6 is 0 Å². The average Bonchev–Trinajstić information content (AvgIpc) is 3.07. The highest BCUT2D eigenvalue weighted by Crippen LogP contribution is 2.14. The van der Waals surface area contributed by atoms with Crippen molar-refractivity contribution in [1.29, 1.82) is 0 Å². The maximum Gasteiger partial charge on any atom is 0.437 e. The van der Waals surface area contributed by atoms with Gasteiger partial charge in [0.2, 0.25) is 12.0 Å². The van der Waals surface area contributed by atoms with Gasteiger partial charge in [-0.3, -0.25) is 4.79 Å². The zero-order valence-corrected chi connectivity index (χ0v) is 11.4. The minimum Gasteiger partial charge on any atom is -0.463 e. The van der Waals surface area contributed by atoms with Gasteiger partial charge in [-0.05, 0) is 12.1 Å². The Morgan fingerprint density at radius 3 is 2.77 bits per heavy atom. The lowest BCUT2D eigenvalue weighted by Gasteiger charge is -2.07. The van der Waals surface area contributed by atoms with Gasteiger partial charge in [-0.15, -0.1) is 5.10 Å². The van der Waals surface area contributed by atoms with E-state index in [2.05, 4.69) is 9.84 Å². The molecule has 0 N–H and O–H groups in total. The molecule has 0 unspecified atom stereocenters. The van der Waals surface area contributed by atoms with E-state index in [-0.39, 0.29) is 12.5 Å². The van der Waals surface area contributed by atoms with Gasteiger partial charge < -0.3 is 13.9 Å². The lowest BCUT2D eigenvalue weighted by Crippen LogP contribution is -2.28. The number of carbonyl (C=O) groups is 2. The Kier molecular flexibility index (Phi) is 3.73. The second-order valence-corrected chi connectivity index (χ2v) is 4.63. The van der Waals surface area contributed by atoms with Crippen molar-refractivity contribution in [3.05, 3.63) is 40.9 Å². The Hall–Kier alpha value is -2.90. The molecule has 1 aromatic carbocycles. The van der Waals surface area contributed by atoms with Crippen LogP contribution in [0.15, 0.2) is 39.5 Å². The van der Waals surface area contributed by atoms with Crippen LogP contribution in [0.5, 0.6) is 0 Å². The first kappa shape index (κ1) is 14.1. The summed E-state index contributed by atoms with van der Waals surface area (Å²) in [6, 6.07) is 8.81. The highest BCUT2D eigenvalue weighted by atomic mass is 16.6. The van der Waals surface area contributed by atoms with Gasteiger partial charge in [-0.25, -0.2) is 9.59 Å². The topological polar surface area (TPSA) is 101 Å². The Labute approximate surface area is 124 Å². The largest absolute Gasteiger partial charge is 0.463 e. The van der Waals surface area contributed by atoms with Crippen LogP contribution in [0, 0.1) is 0 Å². The second kappa shape index (κ2) is 5.84. The number of carbonyl (C=O) groups excluding carboxylic acids is 2. The van der Waals surface area contributed by atoms with Gasteiger partial charge in [-0.2, -0.15) is 4.68 Å². The highest BCUT2D eigenvalue weighted by Gasteiger charge is 2.30.